The number of thiophene rings is 1. The molecule has 4 aliphatic rings. The molecule has 2 unspecified atom stereocenters. The van der Waals surface area contributed by atoms with E-state index in [9.17, 15) is 19.2 Å². The van der Waals surface area contributed by atoms with Gasteiger partial charge in [-0.25, -0.2) is 0 Å². The number of hydrogen-bond donors (Lipinski definition) is 1. The Hall–Kier alpha value is -1.82. The number of Topliss-reactive ketones (excluding diaryl/α,β-unsaturated/α-hetero) is 2. The molecule has 9 atom stereocenters. The highest BCUT2D eigenvalue weighted by molar-refractivity contribution is 7.13. The van der Waals surface area contributed by atoms with Gasteiger partial charge in [0.2, 0.25) is 5.91 Å². The molecule has 1 N–H and O–H groups in total. The van der Waals surface area contributed by atoms with Crippen LogP contribution in [0.3, 0.4) is 0 Å². The predicted molar refractivity (Wildman–Crippen MR) is 150 cm³/mol. The Balaban J connectivity index is 1.28. The lowest BCUT2D eigenvalue weighted by atomic mass is 9.44. The molecule has 1 aromatic rings. The van der Waals surface area contributed by atoms with Gasteiger partial charge in [0.1, 0.15) is 11.6 Å². The Morgan fingerprint density at radius 1 is 1.05 bits per heavy atom. The lowest BCUT2D eigenvalue weighted by Gasteiger charge is -2.59. The third-order valence-electron chi connectivity index (χ3n) is 11.6. The van der Waals surface area contributed by atoms with Crippen molar-refractivity contribution in [1.29, 1.82) is 0 Å². The zero-order chi connectivity index (χ0) is 27.4. The number of hydrogen-bond acceptors (Lipinski definition) is 5. The number of amides is 1. The normalized spacial score (nSPS) is 38.2. The van der Waals surface area contributed by atoms with Crippen molar-refractivity contribution < 1.29 is 19.2 Å². The first-order valence-electron chi connectivity index (χ1n) is 14.9. The molecule has 1 heterocycles. The number of fused-ring (bicyclic) bond motifs is 5. The highest BCUT2D eigenvalue weighted by Gasteiger charge is 2.63. The van der Waals surface area contributed by atoms with Gasteiger partial charge in [-0.05, 0) is 90.6 Å². The van der Waals surface area contributed by atoms with Crippen molar-refractivity contribution in [1.82, 2.24) is 5.32 Å². The number of aldehydes is 1. The van der Waals surface area contributed by atoms with Crippen LogP contribution in [0.25, 0.3) is 0 Å². The van der Waals surface area contributed by atoms with Crippen molar-refractivity contribution in [3.05, 3.63) is 21.9 Å². The van der Waals surface area contributed by atoms with Crippen LogP contribution in [0.1, 0.15) is 113 Å². The van der Waals surface area contributed by atoms with Gasteiger partial charge < -0.3 is 5.32 Å². The summed E-state index contributed by atoms with van der Waals surface area (Å²) in [6, 6.07) is 3.69. The number of carbonyl (C=O) groups is 4. The molecule has 5 nitrogen and oxygen atoms in total. The Morgan fingerprint density at radius 2 is 1.79 bits per heavy atom. The van der Waals surface area contributed by atoms with Gasteiger partial charge in [-0.3, -0.25) is 19.2 Å². The van der Waals surface area contributed by atoms with Crippen molar-refractivity contribution in [2.75, 3.05) is 0 Å². The number of carbonyl (C=O) groups excluding carboxylic acids is 4. The average Bonchev–Trinajstić information content (AvgIpc) is 3.47. The number of nitrogens with one attached hydrogen (secondary N) is 1. The molecular weight excluding hydrogens is 494 g/mol. The summed E-state index contributed by atoms with van der Waals surface area (Å²) in [4.78, 5) is 52.0. The van der Waals surface area contributed by atoms with Crippen molar-refractivity contribution in [3.63, 3.8) is 0 Å². The monoisotopic (exact) mass is 539 g/mol. The third-order valence-corrected chi connectivity index (χ3v) is 12.7. The lowest BCUT2D eigenvalue weighted by Crippen LogP contribution is -2.57. The summed E-state index contributed by atoms with van der Waals surface area (Å²) in [6.45, 7) is 11.2. The summed E-state index contributed by atoms with van der Waals surface area (Å²) in [5.41, 5.74) is 0.211. The zero-order valence-corrected chi connectivity index (χ0v) is 24.6. The molecule has 38 heavy (non-hydrogen) atoms. The quantitative estimate of drug-likeness (QED) is 0.386. The van der Waals surface area contributed by atoms with E-state index in [1.165, 1.54) is 11.3 Å². The van der Waals surface area contributed by atoms with Crippen LogP contribution in [0.15, 0.2) is 12.1 Å². The van der Waals surface area contributed by atoms with Crippen LogP contribution in [0.5, 0.6) is 0 Å². The maximum atomic E-state index is 13.6. The molecule has 1 amide bonds. The van der Waals surface area contributed by atoms with Crippen LogP contribution >= 0.6 is 11.3 Å². The van der Waals surface area contributed by atoms with E-state index in [0.717, 1.165) is 43.3 Å². The SMILES string of the molecule is CC(C)C(NC(=O)C[C@@H](C)C1CC[C@H]2[C@@H]3C(=O)C[C@@H]4CC(=O)CC[C@]4(C)[C@H]3CC[C@]12C)c1ccc(C=O)s1. The Labute approximate surface area is 231 Å². The molecule has 5 rings (SSSR count). The van der Waals surface area contributed by atoms with Crippen LogP contribution in [-0.4, -0.2) is 23.8 Å². The van der Waals surface area contributed by atoms with E-state index in [0.29, 0.717) is 59.9 Å². The molecule has 4 fully saturated rings. The maximum Gasteiger partial charge on any atom is 0.220 e. The standard InChI is InChI=1S/C32H45NO4S/c1-18(2)30(27-9-6-22(17-34)38-27)33-28(37)14-19(3)23-7-8-24-29-25(11-13-32(23,24)5)31(4)12-10-21(35)15-20(31)16-26(29)36/h6,9,17-20,23-25,29-30H,7-8,10-16H2,1-5H3,(H,33,37)/t19-,20+,23?,24+,25+,29+,30?,31+,32-/m1/s1. The van der Waals surface area contributed by atoms with Crippen molar-refractivity contribution in [3.8, 4) is 0 Å². The average molecular weight is 540 g/mol. The lowest BCUT2D eigenvalue weighted by molar-refractivity contribution is -0.159. The summed E-state index contributed by atoms with van der Waals surface area (Å²) in [7, 11) is 0. The van der Waals surface area contributed by atoms with Crippen LogP contribution in [0.2, 0.25) is 0 Å². The summed E-state index contributed by atoms with van der Waals surface area (Å²) in [5.74, 6) is 2.93. The van der Waals surface area contributed by atoms with Gasteiger partial charge in [0, 0.05) is 36.5 Å². The minimum atomic E-state index is -0.0910. The molecular formula is C32H45NO4S. The van der Waals surface area contributed by atoms with Gasteiger partial charge in [-0.15, -0.1) is 11.3 Å². The highest BCUT2D eigenvalue weighted by atomic mass is 32.1. The van der Waals surface area contributed by atoms with E-state index in [1.54, 1.807) is 0 Å². The van der Waals surface area contributed by atoms with Crippen LogP contribution in [0, 0.1) is 52.3 Å². The molecule has 208 valence electrons. The Kier molecular flexibility index (Phi) is 7.52. The molecule has 0 radical (unpaired) electrons. The first-order valence-corrected chi connectivity index (χ1v) is 15.7. The van der Waals surface area contributed by atoms with Crippen LogP contribution in [-0.2, 0) is 14.4 Å². The topological polar surface area (TPSA) is 80.3 Å². The van der Waals surface area contributed by atoms with E-state index < -0.39 is 0 Å². The number of ketones is 2. The van der Waals surface area contributed by atoms with Gasteiger partial charge in [0.15, 0.2) is 6.29 Å². The van der Waals surface area contributed by atoms with Crippen molar-refractivity contribution in [2.45, 2.75) is 98.4 Å². The predicted octanol–water partition coefficient (Wildman–Crippen LogP) is 6.81. The molecule has 0 aliphatic heterocycles. The van der Waals surface area contributed by atoms with Crippen LogP contribution < -0.4 is 5.32 Å². The van der Waals surface area contributed by atoms with Gasteiger partial charge in [0.25, 0.3) is 0 Å². The third kappa shape index (κ3) is 4.63. The molecule has 0 aromatic carbocycles. The van der Waals surface area contributed by atoms with E-state index in [4.69, 9.17) is 0 Å². The van der Waals surface area contributed by atoms with Crippen molar-refractivity contribution in [2.24, 2.45) is 52.3 Å². The van der Waals surface area contributed by atoms with Gasteiger partial charge >= 0.3 is 0 Å². The van der Waals surface area contributed by atoms with Gasteiger partial charge in [0.05, 0.1) is 10.9 Å². The second kappa shape index (κ2) is 10.3. The van der Waals surface area contributed by atoms with E-state index >= 15 is 0 Å². The zero-order valence-electron chi connectivity index (χ0n) is 23.8. The summed E-state index contributed by atoms with van der Waals surface area (Å²) >= 11 is 1.45. The Bertz CT molecular complexity index is 1110. The fourth-order valence-electron chi connectivity index (χ4n) is 9.53. The summed E-state index contributed by atoms with van der Waals surface area (Å²) in [5, 5.41) is 3.27. The van der Waals surface area contributed by atoms with E-state index in [2.05, 4.69) is 39.9 Å². The minimum Gasteiger partial charge on any atom is -0.348 e. The Morgan fingerprint density at radius 3 is 2.47 bits per heavy atom. The van der Waals surface area contributed by atoms with Crippen molar-refractivity contribution >= 4 is 35.1 Å². The summed E-state index contributed by atoms with van der Waals surface area (Å²) < 4.78 is 0. The van der Waals surface area contributed by atoms with Crippen LogP contribution in [0.4, 0.5) is 0 Å². The molecule has 0 spiro atoms. The summed E-state index contributed by atoms with van der Waals surface area (Å²) in [6.07, 6.45) is 8.54. The first-order chi connectivity index (χ1) is 18.0. The fourth-order valence-corrected chi connectivity index (χ4v) is 10.6. The molecule has 0 bridgehead atoms. The first kappa shape index (κ1) is 27.7. The van der Waals surface area contributed by atoms with Gasteiger partial charge in [-0.2, -0.15) is 0 Å². The molecule has 4 aliphatic carbocycles. The molecule has 4 saturated carbocycles. The smallest absolute Gasteiger partial charge is 0.220 e. The maximum absolute atomic E-state index is 13.6. The highest BCUT2D eigenvalue weighted by Crippen LogP contribution is 2.67. The molecule has 0 saturated heterocycles. The number of rotatable bonds is 7. The largest absolute Gasteiger partial charge is 0.348 e. The van der Waals surface area contributed by atoms with Gasteiger partial charge in [-0.1, -0.05) is 34.6 Å². The minimum absolute atomic E-state index is 0.0777. The molecule has 6 heteroatoms. The second-order valence-corrected chi connectivity index (χ2v) is 15.1. The fraction of sp³-hybridized carbons (Fsp3) is 0.750. The molecule has 1 aromatic heterocycles. The van der Waals surface area contributed by atoms with E-state index in [-0.39, 0.29) is 46.5 Å². The second-order valence-electron chi connectivity index (χ2n) is 13.9. The van der Waals surface area contributed by atoms with E-state index in [1.807, 2.05) is 12.1 Å².